The molecule has 2 aliphatic heterocycles. The van der Waals surface area contributed by atoms with Crippen molar-refractivity contribution >= 4 is 29.2 Å². The molecule has 0 N–H and O–H groups in total. The van der Waals surface area contributed by atoms with Crippen LogP contribution in [-0.2, 0) is 19.9 Å². The zero-order valence-corrected chi connectivity index (χ0v) is 16.1. The van der Waals surface area contributed by atoms with Gasteiger partial charge >= 0.3 is 5.97 Å². The van der Waals surface area contributed by atoms with E-state index in [0.29, 0.717) is 29.1 Å². The van der Waals surface area contributed by atoms with Crippen molar-refractivity contribution < 1.29 is 14.3 Å². The van der Waals surface area contributed by atoms with Gasteiger partial charge in [-0.2, -0.15) is 0 Å². The zero-order chi connectivity index (χ0) is 17.9. The number of fused-ring (bicyclic) bond motifs is 2. The summed E-state index contributed by atoms with van der Waals surface area (Å²) in [4.78, 5) is 14.1. The molecule has 2 fully saturated rings. The fourth-order valence-electron chi connectivity index (χ4n) is 3.72. The first-order chi connectivity index (χ1) is 12.0. The van der Waals surface area contributed by atoms with Crippen molar-refractivity contribution in [1.29, 1.82) is 0 Å². The van der Waals surface area contributed by atoms with Gasteiger partial charge in [0.05, 0.1) is 23.3 Å². The molecule has 0 saturated carbocycles. The minimum Gasteiger partial charge on any atom is -0.466 e. The number of morpholine rings is 1. The van der Waals surface area contributed by atoms with Crippen molar-refractivity contribution in [3.8, 4) is 0 Å². The molecule has 138 valence electrons. The van der Waals surface area contributed by atoms with E-state index in [9.17, 15) is 4.79 Å². The van der Waals surface area contributed by atoms with E-state index in [0.717, 1.165) is 50.9 Å². The first-order valence-electron chi connectivity index (χ1n) is 9.03. The van der Waals surface area contributed by atoms with E-state index in [1.54, 1.807) is 0 Å². The van der Waals surface area contributed by atoms with Crippen LogP contribution in [0, 0.1) is 0 Å². The van der Waals surface area contributed by atoms with Crippen LogP contribution in [0.5, 0.6) is 0 Å². The van der Waals surface area contributed by atoms with Gasteiger partial charge < -0.3 is 9.47 Å². The molecule has 0 aliphatic carbocycles. The third-order valence-electron chi connectivity index (χ3n) is 5.13. The average Bonchev–Trinajstić information content (AvgIpc) is 3.17. The molecule has 0 amide bonds. The molecule has 0 spiro atoms. The van der Waals surface area contributed by atoms with Gasteiger partial charge in [-0.25, -0.2) is 0 Å². The molecule has 2 aliphatic rings. The Hall–Kier alpha value is -0.810. The lowest BCUT2D eigenvalue weighted by Gasteiger charge is -2.33. The lowest BCUT2D eigenvalue weighted by molar-refractivity contribution is -0.144. The van der Waals surface area contributed by atoms with Gasteiger partial charge in [-0.15, -0.1) is 0 Å². The van der Waals surface area contributed by atoms with Gasteiger partial charge in [0, 0.05) is 19.0 Å². The van der Waals surface area contributed by atoms with Crippen molar-refractivity contribution in [3.05, 3.63) is 33.8 Å². The first-order valence-corrected chi connectivity index (χ1v) is 9.79. The van der Waals surface area contributed by atoms with E-state index in [1.165, 1.54) is 0 Å². The molecule has 2 saturated heterocycles. The number of hydrogen-bond donors (Lipinski definition) is 0. The Morgan fingerprint density at radius 1 is 1.36 bits per heavy atom. The van der Waals surface area contributed by atoms with E-state index in [1.807, 2.05) is 18.2 Å². The highest BCUT2D eigenvalue weighted by molar-refractivity contribution is 6.42. The number of ether oxygens (including phenoxy) is 2. The van der Waals surface area contributed by atoms with E-state index in [4.69, 9.17) is 32.7 Å². The Balaban J connectivity index is 1.51. The molecule has 4 nitrogen and oxygen atoms in total. The number of rotatable bonds is 8. The van der Waals surface area contributed by atoms with Crippen molar-refractivity contribution in [2.75, 3.05) is 26.3 Å². The maximum absolute atomic E-state index is 11.7. The second-order valence-electron chi connectivity index (χ2n) is 6.94. The molecule has 2 unspecified atom stereocenters. The quantitative estimate of drug-likeness (QED) is 0.490. The second-order valence-corrected chi connectivity index (χ2v) is 7.75. The highest BCUT2D eigenvalue weighted by Gasteiger charge is 2.51. The lowest BCUT2D eigenvalue weighted by atomic mass is 9.93. The second kappa shape index (κ2) is 8.26. The fourth-order valence-corrected chi connectivity index (χ4v) is 4.02. The van der Waals surface area contributed by atoms with Crippen molar-refractivity contribution in [2.24, 2.45) is 0 Å². The third kappa shape index (κ3) is 4.30. The number of benzene rings is 1. The summed E-state index contributed by atoms with van der Waals surface area (Å²) < 4.78 is 11.3. The summed E-state index contributed by atoms with van der Waals surface area (Å²) in [6, 6.07) is 6.16. The summed E-state index contributed by atoms with van der Waals surface area (Å²) >= 11 is 12.2. The molecule has 2 heterocycles. The molecular formula is C19H25Cl2NO3. The van der Waals surface area contributed by atoms with Crippen LogP contribution in [0.2, 0.25) is 10.0 Å². The van der Waals surface area contributed by atoms with Crippen LogP contribution in [0.15, 0.2) is 18.2 Å². The molecule has 2 bridgehead atoms. The standard InChI is InChI=1S/C19H25Cl2NO3/c1-2-3-9-24-18(23)5-4-8-22-13-19(11-15(22)12-25-19)14-6-7-16(20)17(21)10-14/h6-7,10,15H,2-5,8-9,11-13H2,1H3. The van der Waals surface area contributed by atoms with Crippen LogP contribution in [0.1, 0.15) is 44.6 Å². The van der Waals surface area contributed by atoms with Crippen LogP contribution < -0.4 is 0 Å². The van der Waals surface area contributed by atoms with Crippen molar-refractivity contribution in [3.63, 3.8) is 0 Å². The van der Waals surface area contributed by atoms with Crippen LogP contribution >= 0.6 is 23.2 Å². The Morgan fingerprint density at radius 3 is 2.96 bits per heavy atom. The smallest absolute Gasteiger partial charge is 0.305 e. The summed E-state index contributed by atoms with van der Waals surface area (Å²) in [5, 5.41) is 1.13. The Bertz CT molecular complexity index is 625. The third-order valence-corrected chi connectivity index (χ3v) is 5.86. The van der Waals surface area contributed by atoms with Crippen molar-refractivity contribution in [1.82, 2.24) is 4.90 Å². The molecule has 1 aromatic carbocycles. The minimum atomic E-state index is -0.291. The van der Waals surface area contributed by atoms with E-state index in [-0.39, 0.29) is 11.6 Å². The van der Waals surface area contributed by atoms with Crippen LogP contribution in [0.25, 0.3) is 0 Å². The van der Waals surface area contributed by atoms with Gasteiger partial charge in [-0.1, -0.05) is 42.6 Å². The van der Waals surface area contributed by atoms with E-state index < -0.39 is 0 Å². The Kier molecular flexibility index (Phi) is 6.26. The largest absolute Gasteiger partial charge is 0.466 e. The van der Waals surface area contributed by atoms with Gasteiger partial charge in [0.2, 0.25) is 0 Å². The van der Waals surface area contributed by atoms with E-state index in [2.05, 4.69) is 11.8 Å². The summed E-state index contributed by atoms with van der Waals surface area (Å²) in [6.07, 6.45) is 4.24. The van der Waals surface area contributed by atoms with E-state index >= 15 is 0 Å². The normalized spacial score (nSPS) is 25.5. The number of likely N-dealkylation sites (tertiary alicyclic amines) is 1. The lowest BCUT2D eigenvalue weighted by Crippen LogP contribution is -2.41. The van der Waals surface area contributed by atoms with Gasteiger partial charge in [0.25, 0.3) is 0 Å². The number of nitrogens with zero attached hydrogens (tertiary/aromatic N) is 1. The Morgan fingerprint density at radius 2 is 2.20 bits per heavy atom. The molecule has 3 rings (SSSR count). The van der Waals surface area contributed by atoms with Crippen LogP contribution in [0.3, 0.4) is 0 Å². The number of esters is 1. The summed E-state index contributed by atoms with van der Waals surface area (Å²) in [5.74, 6) is -0.0896. The summed E-state index contributed by atoms with van der Waals surface area (Å²) in [5.41, 5.74) is 0.798. The predicted octanol–water partition coefficient (Wildman–Crippen LogP) is 4.42. The van der Waals surface area contributed by atoms with Crippen LogP contribution in [0.4, 0.5) is 0 Å². The fraction of sp³-hybridized carbons (Fsp3) is 0.632. The topological polar surface area (TPSA) is 38.8 Å². The minimum absolute atomic E-state index is 0.0896. The highest BCUT2D eigenvalue weighted by Crippen LogP contribution is 2.46. The summed E-state index contributed by atoms with van der Waals surface area (Å²) in [6.45, 7) is 5.07. The van der Waals surface area contributed by atoms with Gasteiger partial charge in [-0.3, -0.25) is 9.69 Å². The highest BCUT2D eigenvalue weighted by atomic mass is 35.5. The monoisotopic (exact) mass is 385 g/mol. The predicted molar refractivity (Wildman–Crippen MR) is 99.2 cm³/mol. The molecule has 1 aromatic rings. The zero-order valence-electron chi connectivity index (χ0n) is 14.6. The first kappa shape index (κ1) is 19.0. The average molecular weight is 386 g/mol. The number of carbonyl (C=O) groups excluding carboxylic acids is 1. The maximum atomic E-state index is 11.7. The Labute approximate surface area is 159 Å². The van der Waals surface area contributed by atoms with Crippen LogP contribution in [-0.4, -0.2) is 43.2 Å². The molecule has 25 heavy (non-hydrogen) atoms. The number of hydrogen-bond acceptors (Lipinski definition) is 4. The SMILES string of the molecule is CCCCOC(=O)CCCN1CC2(c3ccc(Cl)c(Cl)c3)CC1CO2. The summed E-state index contributed by atoms with van der Waals surface area (Å²) in [7, 11) is 0. The molecule has 0 radical (unpaired) electrons. The molecule has 0 aromatic heterocycles. The van der Waals surface area contributed by atoms with Gasteiger partial charge in [0.1, 0.15) is 5.60 Å². The van der Waals surface area contributed by atoms with Crippen molar-refractivity contribution in [2.45, 2.75) is 50.7 Å². The number of carbonyl (C=O) groups is 1. The van der Waals surface area contributed by atoms with Gasteiger partial charge in [-0.05, 0) is 43.5 Å². The maximum Gasteiger partial charge on any atom is 0.305 e. The number of unbranched alkanes of at least 4 members (excludes halogenated alkanes) is 1. The van der Waals surface area contributed by atoms with Gasteiger partial charge in [0.15, 0.2) is 0 Å². The number of halogens is 2. The molecule has 6 heteroatoms. The molecule has 2 atom stereocenters. The molecular weight excluding hydrogens is 361 g/mol.